The van der Waals surface area contributed by atoms with Crippen LogP contribution in [0.15, 0.2) is 99.4 Å². The lowest BCUT2D eigenvalue weighted by molar-refractivity contribution is 0.483. The van der Waals surface area contributed by atoms with Gasteiger partial charge < -0.3 is 4.98 Å². The first kappa shape index (κ1) is 20.6. The van der Waals surface area contributed by atoms with Crippen LogP contribution >= 0.6 is 0 Å². The fraction of sp³-hybridized carbons (Fsp3) is 0. The molecule has 0 aliphatic rings. The Morgan fingerprint density at radius 1 is 0.758 bits per heavy atom. The molecule has 33 heavy (non-hydrogen) atoms. The van der Waals surface area contributed by atoms with Gasteiger partial charge in [-0.05, 0) is 48.5 Å². The molecule has 0 radical (unpaired) electrons. The number of benzene rings is 3. The highest BCUT2D eigenvalue weighted by Gasteiger charge is 2.20. The van der Waals surface area contributed by atoms with E-state index in [0.717, 1.165) is 4.57 Å². The molecular formula is C23H16N4O5S. The smallest absolute Gasteiger partial charge is 0.332 e. The molecule has 5 aromatic rings. The lowest BCUT2D eigenvalue weighted by atomic mass is 10.2. The molecule has 0 aliphatic carbocycles. The van der Waals surface area contributed by atoms with Crippen molar-refractivity contribution in [3.05, 3.63) is 106 Å². The van der Waals surface area contributed by atoms with Gasteiger partial charge in [0.25, 0.3) is 15.7 Å². The van der Waals surface area contributed by atoms with Crippen molar-refractivity contribution in [2.24, 2.45) is 0 Å². The molecule has 0 atom stereocenters. The molecule has 0 bridgehead atoms. The summed E-state index contributed by atoms with van der Waals surface area (Å²) >= 11 is 0. The highest BCUT2D eigenvalue weighted by molar-refractivity contribution is 7.85. The van der Waals surface area contributed by atoms with Gasteiger partial charge in [0, 0.05) is 5.56 Å². The summed E-state index contributed by atoms with van der Waals surface area (Å²) in [5.74, 6) is 0.263. The van der Waals surface area contributed by atoms with Gasteiger partial charge in [0.1, 0.15) is 5.82 Å². The van der Waals surface area contributed by atoms with Crippen LogP contribution in [0.5, 0.6) is 0 Å². The summed E-state index contributed by atoms with van der Waals surface area (Å²) in [6.45, 7) is 0. The summed E-state index contributed by atoms with van der Waals surface area (Å²) in [7, 11) is -4.35. The van der Waals surface area contributed by atoms with Crippen molar-refractivity contribution in [1.82, 2.24) is 19.1 Å². The Morgan fingerprint density at radius 3 is 1.85 bits per heavy atom. The van der Waals surface area contributed by atoms with Crippen LogP contribution < -0.4 is 11.2 Å². The molecule has 164 valence electrons. The van der Waals surface area contributed by atoms with Crippen molar-refractivity contribution in [2.45, 2.75) is 4.90 Å². The minimum atomic E-state index is -4.35. The molecule has 10 heteroatoms. The largest absolute Gasteiger partial charge is 0.342 e. The first-order chi connectivity index (χ1) is 15.8. The van der Waals surface area contributed by atoms with Gasteiger partial charge in [-0.15, -0.1) is 0 Å². The monoisotopic (exact) mass is 460 g/mol. The van der Waals surface area contributed by atoms with E-state index < -0.39 is 21.4 Å². The number of aromatic amines is 1. The summed E-state index contributed by atoms with van der Waals surface area (Å²) in [6.07, 6.45) is 0. The van der Waals surface area contributed by atoms with Gasteiger partial charge in [-0.25, -0.2) is 18.9 Å². The third-order valence-corrected chi connectivity index (χ3v) is 6.02. The molecule has 2 aromatic heterocycles. The number of nitrogens with zero attached hydrogens (tertiary/aromatic N) is 3. The Balaban J connectivity index is 1.82. The van der Waals surface area contributed by atoms with Gasteiger partial charge >= 0.3 is 5.69 Å². The summed E-state index contributed by atoms with van der Waals surface area (Å²) < 4.78 is 34.3. The van der Waals surface area contributed by atoms with Crippen LogP contribution in [0.3, 0.4) is 0 Å². The van der Waals surface area contributed by atoms with E-state index in [1.54, 1.807) is 54.6 Å². The maximum Gasteiger partial charge on any atom is 0.342 e. The van der Waals surface area contributed by atoms with Crippen LogP contribution in [0.25, 0.3) is 33.9 Å². The zero-order valence-electron chi connectivity index (χ0n) is 16.9. The standard InChI is InChI=1S/C23H16N4O5S/c28-22-19-21(25-20(24-19)15-11-13-18(14-12-15)33(30,31)32)26(16-7-3-1-4-8-16)23(29)27(22)17-9-5-2-6-10-17/h1-14H,(H,24,25)(H,30,31,32). The number of imidazole rings is 1. The number of H-pyrrole nitrogens is 1. The van der Waals surface area contributed by atoms with Crippen LogP contribution in [0.1, 0.15) is 0 Å². The summed E-state index contributed by atoms with van der Waals surface area (Å²) in [5.41, 5.74) is 0.501. The van der Waals surface area contributed by atoms with E-state index >= 15 is 0 Å². The number of nitrogens with one attached hydrogen (secondary N) is 1. The second kappa shape index (κ2) is 7.69. The van der Waals surface area contributed by atoms with Gasteiger partial charge in [-0.3, -0.25) is 9.35 Å². The molecule has 2 heterocycles. The zero-order chi connectivity index (χ0) is 23.2. The maximum atomic E-state index is 13.5. The number of aromatic nitrogens is 4. The maximum absolute atomic E-state index is 13.5. The number of hydrogen-bond donors (Lipinski definition) is 2. The van der Waals surface area contributed by atoms with Crippen molar-refractivity contribution in [3.63, 3.8) is 0 Å². The van der Waals surface area contributed by atoms with Gasteiger partial charge in [0.15, 0.2) is 11.2 Å². The van der Waals surface area contributed by atoms with Crippen molar-refractivity contribution >= 4 is 21.3 Å². The van der Waals surface area contributed by atoms with E-state index in [2.05, 4.69) is 9.97 Å². The summed E-state index contributed by atoms with van der Waals surface area (Å²) in [4.78, 5) is 34.0. The Morgan fingerprint density at radius 2 is 1.30 bits per heavy atom. The first-order valence-corrected chi connectivity index (χ1v) is 11.2. The molecular weight excluding hydrogens is 444 g/mol. The average Bonchev–Trinajstić information content (AvgIpc) is 3.26. The molecule has 3 aromatic carbocycles. The van der Waals surface area contributed by atoms with Crippen LogP contribution in [0.2, 0.25) is 0 Å². The molecule has 0 unspecified atom stereocenters. The fourth-order valence-electron chi connectivity index (χ4n) is 3.60. The van der Waals surface area contributed by atoms with E-state index in [-0.39, 0.29) is 21.9 Å². The fourth-order valence-corrected chi connectivity index (χ4v) is 4.08. The molecule has 2 N–H and O–H groups in total. The predicted octanol–water partition coefficient (Wildman–Crippen LogP) is 2.78. The highest BCUT2D eigenvalue weighted by atomic mass is 32.2. The Bertz CT molecular complexity index is 1700. The van der Waals surface area contributed by atoms with Gasteiger partial charge in [-0.2, -0.15) is 8.42 Å². The third-order valence-electron chi connectivity index (χ3n) is 5.15. The second-order valence-corrected chi connectivity index (χ2v) is 8.63. The second-order valence-electron chi connectivity index (χ2n) is 7.21. The quantitative estimate of drug-likeness (QED) is 0.397. The number of hydrogen-bond acceptors (Lipinski definition) is 5. The summed E-state index contributed by atoms with van der Waals surface area (Å²) in [5, 5.41) is 0. The van der Waals surface area contributed by atoms with Crippen LogP contribution in [0, 0.1) is 0 Å². The van der Waals surface area contributed by atoms with E-state index in [1.807, 2.05) is 6.07 Å². The van der Waals surface area contributed by atoms with E-state index in [0.29, 0.717) is 16.9 Å². The van der Waals surface area contributed by atoms with Crippen molar-refractivity contribution in [3.8, 4) is 22.8 Å². The van der Waals surface area contributed by atoms with Crippen LogP contribution in [-0.2, 0) is 10.1 Å². The molecule has 0 aliphatic heterocycles. The van der Waals surface area contributed by atoms with Crippen LogP contribution in [-0.4, -0.2) is 32.1 Å². The Labute approximate surface area is 187 Å². The lowest BCUT2D eigenvalue weighted by Gasteiger charge is -2.11. The van der Waals surface area contributed by atoms with Crippen LogP contribution in [0.4, 0.5) is 0 Å². The minimum Gasteiger partial charge on any atom is -0.332 e. The van der Waals surface area contributed by atoms with Gasteiger partial charge in [-0.1, -0.05) is 36.4 Å². The molecule has 0 amide bonds. The van der Waals surface area contributed by atoms with E-state index in [4.69, 9.17) is 0 Å². The molecule has 0 saturated heterocycles. The first-order valence-electron chi connectivity index (χ1n) is 9.81. The predicted molar refractivity (Wildman–Crippen MR) is 123 cm³/mol. The van der Waals surface area contributed by atoms with Gasteiger partial charge in [0.2, 0.25) is 0 Å². The van der Waals surface area contributed by atoms with E-state index in [9.17, 15) is 22.6 Å². The minimum absolute atomic E-state index is 0.108. The number of fused-ring (bicyclic) bond motifs is 1. The Kier molecular flexibility index (Phi) is 4.81. The molecule has 0 saturated carbocycles. The van der Waals surface area contributed by atoms with Crippen molar-refractivity contribution in [2.75, 3.05) is 0 Å². The zero-order valence-corrected chi connectivity index (χ0v) is 17.7. The van der Waals surface area contributed by atoms with Crippen molar-refractivity contribution < 1.29 is 13.0 Å². The third kappa shape index (κ3) is 3.56. The lowest BCUT2D eigenvalue weighted by Crippen LogP contribution is -2.38. The molecule has 0 spiro atoms. The molecule has 9 nitrogen and oxygen atoms in total. The van der Waals surface area contributed by atoms with Gasteiger partial charge in [0.05, 0.1) is 16.3 Å². The molecule has 0 fully saturated rings. The van der Waals surface area contributed by atoms with Crippen molar-refractivity contribution in [1.29, 1.82) is 0 Å². The Hall–Kier alpha value is -4.28. The number of para-hydroxylation sites is 2. The topological polar surface area (TPSA) is 127 Å². The normalized spacial score (nSPS) is 11.7. The molecule has 5 rings (SSSR count). The number of rotatable bonds is 4. The SMILES string of the molecule is O=c1c2[nH]c(-c3ccc(S(=O)(=O)O)cc3)nc2n(-c2ccccc2)c(=O)n1-c1ccccc1. The van der Waals surface area contributed by atoms with E-state index in [1.165, 1.54) is 28.8 Å². The summed E-state index contributed by atoms with van der Waals surface area (Å²) in [6, 6.07) is 22.7. The highest BCUT2D eigenvalue weighted by Crippen LogP contribution is 2.22. The average molecular weight is 460 g/mol.